The summed E-state index contributed by atoms with van der Waals surface area (Å²) in [4.78, 5) is 17.0. The number of rotatable bonds is 4. The Morgan fingerprint density at radius 3 is 2.90 bits per heavy atom. The van der Waals surface area contributed by atoms with Gasteiger partial charge in [-0.2, -0.15) is 0 Å². The number of carbonyl (C=O) groups is 1. The third-order valence-electron chi connectivity index (χ3n) is 3.30. The molecule has 106 valence electrons. The molecule has 0 atom stereocenters. The van der Waals surface area contributed by atoms with E-state index in [1.807, 2.05) is 35.7 Å². The summed E-state index contributed by atoms with van der Waals surface area (Å²) >= 11 is 1.36. The average Bonchev–Trinajstić information content (AvgIpc) is 2.93. The van der Waals surface area contributed by atoms with Crippen molar-refractivity contribution in [1.29, 1.82) is 0 Å². The van der Waals surface area contributed by atoms with Crippen LogP contribution < -0.4 is 11.1 Å². The van der Waals surface area contributed by atoms with E-state index in [4.69, 9.17) is 5.73 Å². The van der Waals surface area contributed by atoms with E-state index >= 15 is 0 Å². The monoisotopic (exact) mass is 297 g/mol. The molecule has 0 saturated heterocycles. The first-order chi connectivity index (χ1) is 10.3. The van der Waals surface area contributed by atoms with Crippen molar-refractivity contribution in [1.82, 2.24) is 10.3 Å². The molecule has 0 aliphatic rings. The molecule has 0 fully saturated rings. The number of amides is 1. The number of fused-ring (bicyclic) bond motifs is 1. The third kappa shape index (κ3) is 2.87. The number of nitrogens with two attached hydrogens (primary N) is 1. The van der Waals surface area contributed by atoms with Crippen LogP contribution in [0.25, 0.3) is 10.9 Å². The molecule has 2 heterocycles. The van der Waals surface area contributed by atoms with E-state index in [1.54, 1.807) is 12.3 Å². The molecular weight excluding hydrogens is 282 g/mol. The second-order valence-electron chi connectivity index (χ2n) is 4.70. The van der Waals surface area contributed by atoms with Gasteiger partial charge in [0.15, 0.2) is 0 Å². The predicted octanol–water partition coefficient (Wildman–Crippen LogP) is 2.85. The number of anilines is 1. The maximum atomic E-state index is 12.0. The van der Waals surface area contributed by atoms with E-state index in [-0.39, 0.29) is 5.91 Å². The van der Waals surface area contributed by atoms with Crippen LogP contribution in [0, 0.1) is 0 Å². The highest BCUT2D eigenvalue weighted by molar-refractivity contribution is 7.12. The zero-order valence-electron chi connectivity index (χ0n) is 11.4. The summed E-state index contributed by atoms with van der Waals surface area (Å²) in [6.07, 6.45) is 2.53. The first-order valence-corrected chi connectivity index (χ1v) is 7.57. The highest BCUT2D eigenvalue weighted by Crippen LogP contribution is 2.19. The normalized spacial score (nSPS) is 10.7. The van der Waals surface area contributed by atoms with Crippen LogP contribution in [-0.2, 0) is 6.42 Å². The summed E-state index contributed by atoms with van der Waals surface area (Å²) in [5.41, 5.74) is 8.39. The number of thiophene rings is 1. The smallest absolute Gasteiger partial charge is 0.263 e. The van der Waals surface area contributed by atoms with Crippen molar-refractivity contribution in [2.75, 3.05) is 12.3 Å². The molecule has 0 spiro atoms. The van der Waals surface area contributed by atoms with Crippen molar-refractivity contribution in [3.8, 4) is 0 Å². The summed E-state index contributed by atoms with van der Waals surface area (Å²) in [6, 6.07) is 11.8. The number of nitrogens with one attached hydrogen (secondary N) is 1. The third-order valence-corrected chi connectivity index (χ3v) is 4.23. The fourth-order valence-corrected chi connectivity index (χ4v) is 3.00. The molecule has 1 aromatic carbocycles. The van der Waals surface area contributed by atoms with Crippen LogP contribution in [0.15, 0.2) is 48.0 Å². The Balaban J connectivity index is 1.67. The van der Waals surface area contributed by atoms with Crippen LogP contribution in [0.1, 0.15) is 15.2 Å². The van der Waals surface area contributed by atoms with Gasteiger partial charge in [-0.25, -0.2) is 0 Å². The van der Waals surface area contributed by atoms with Gasteiger partial charge in [0.25, 0.3) is 5.91 Å². The van der Waals surface area contributed by atoms with Gasteiger partial charge in [0.2, 0.25) is 0 Å². The quantitative estimate of drug-likeness (QED) is 0.778. The van der Waals surface area contributed by atoms with Gasteiger partial charge in [0, 0.05) is 18.1 Å². The lowest BCUT2D eigenvalue weighted by Crippen LogP contribution is -2.25. The summed E-state index contributed by atoms with van der Waals surface area (Å²) in [5, 5.41) is 5.84. The van der Waals surface area contributed by atoms with Crippen molar-refractivity contribution in [2.24, 2.45) is 0 Å². The second-order valence-corrected chi connectivity index (χ2v) is 5.62. The van der Waals surface area contributed by atoms with Crippen LogP contribution in [-0.4, -0.2) is 17.4 Å². The molecule has 3 N–H and O–H groups in total. The Morgan fingerprint density at radius 1 is 1.24 bits per heavy atom. The lowest BCUT2D eigenvalue weighted by Gasteiger charge is -2.07. The SMILES string of the molecule is Nc1ccsc1C(=O)NCCc1cccc2cccnc12. The summed E-state index contributed by atoms with van der Waals surface area (Å²) < 4.78 is 0. The zero-order chi connectivity index (χ0) is 14.7. The van der Waals surface area contributed by atoms with Gasteiger partial charge in [-0.05, 0) is 29.5 Å². The second kappa shape index (κ2) is 5.93. The average molecular weight is 297 g/mol. The molecule has 0 radical (unpaired) electrons. The topological polar surface area (TPSA) is 68.0 Å². The number of hydrogen-bond donors (Lipinski definition) is 2. The van der Waals surface area contributed by atoms with Gasteiger partial charge in [-0.3, -0.25) is 9.78 Å². The molecule has 2 aromatic heterocycles. The van der Waals surface area contributed by atoms with Gasteiger partial charge >= 0.3 is 0 Å². The molecule has 0 unspecified atom stereocenters. The number of carbonyl (C=O) groups excluding carboxylic acids is 1. The molecule has 3 rings (SSSR count). The van der Waals surface area contributed by atoms with Gasteiger partial charge in [-0.15, -0.1) is 11.3 Å². The molecule has 1 amide bonds. The fourth-order valence-electron chi connectivity index (χ4n) is 2.26. The van der Waals surface area contributed by atoms with Crippen LogP contribution >= 0.6 is 11.3 Å². The summed E-state index contributed by atoms with van der Waals surface area (Å²) in [5.74, 6) is -0.115. The zero-order valence-corrected chi connectivity index (χ0v) is 12.2. The number of nitrogens with zero attached hydrogens (tertiary/aromatic N) is 1. The number of hydrogen-bond acceptors (Lipinski definition) is 4. The Labute approximate surface area is 126 Å². The van der Waals surface area contributed by atoms with E-state index in [1.165, 1.54) is 11.3 Å². The maximum Gasteiger partial charge on any atom is 0.263 e. The molecule has 21 heavy (non-hydrogen) atoms. The van der Waals surface area contributed by atoms with E-state index in [0.29, 0.717) is 17.1 Å². The van der Waals surface area contributed by atoms with E-state index < -0.39 is 0 Å². The van der Waals surface area contributed by atoms with Crippen LogP contribution in [0.4, 0.5) is 5.69 Å². The highest BCUT2D eigenvalue weighted by Gasteiger charge is 2.10. The Bertz CT molecular complexity index is 777. The van der Waals surface area contributed by atoms with Crippen LogP contribution in [0.3, 0.4) is 0 Å². The lowest BCUT2D eigenvalue weighted by atomic mass is 10.1. The Morgan fingerprint density at radius 2 is 2.10 bits per heavy atom. The minimum absolute atomic E-state index is 0.115. The molecular formula is C16H15N3OS. The first kappa shape index (κ1) is 13.6. The molecule has 4 nitrogen and oxygen atoms in total. The number of benzene rings is 1. The Hall–Kier alpha value is -2.40. The number of pyridine rings is 1. The highest BCUT2D eigenvalue weighted by atomic mass is 32.1. The van der Waals surface area contributed by atoms with Crippen LogP contribution in [0.5, 0.6) is 0 Å². The number of aromatic nitrogens is 1. The predicted molar refractivity (Wildman–Crippen MR) is 86.5 cm³/mol. The van der Waals surface area contributed by atoms with Crippen molar-refractivity contribution >= 4 is 33.8 Å². The number of para-hydroxylation sites is 1. The summed E-state index contributed by atoms with van der Waals surface area (Å²) in [7, 11) is 0. The van der Waals surface area contributed by atoms with Crippen LogP contribution in [0.2, 0.25) is 0 Å². The minimum atomic E-state index is -0.115. The maximum absolute atomic E-state index is 12.0. The van der Waals surface area contributed by atoms with Gasteiger partial charge in [-0.1, -0.05) is 24.3 Å². The fraction of sp³-hybridized carbons (Fsp3) is 0.125. The van der Waals surface area contributed by atoms with Crippen molar-refractivity contribution in [3.63, 3.8) is 0 Å². The largest absolute Gasteiger partial charge is 0.397 e. The van der Waals surface area contributed by atoms with Crippen molar-refractivity contribution in [3.05, 3.63) is 58.4 Å². The Kier molecular flexibility index (Phi) is 3.83. The summed E-state index contributed by atoms with van der Waals surface area (Å²) in [6.45, 7) is 0.561. The molecule has 3 aromatic rings. The van der Waals surface area contributed by atoms with E-state index in [9.17, 15) is 4.79 Å². The van der Waals surface area contributed by atoms with Gasteiger partial charge in [0.05, 0.1) is 11.2 Å². The molecule has 0 saturated carbocycles. The van der Waals surface area contributed by atoms with E-state index in [0.717, 1.165) is 22.9 Å². The number of nitrogen functional groups attached to an aromatic ring is 1. The van der Waals surface area contributed by atoms with Gasteiger partial charge in [0.1, 0.15) is 4.88 Å². The lowest BCUT2D eigenvalue weighted by molar-refractivity contribution is 0.0959. The van der Waals surface area contributed by atoms with E-state index in [2.05, 4.69) is 10.3 Å². The molecule has 0 aliphatic carbocycles. The first-order valence-electron chi connectivity index (χ1n) is 6.69. The molecule has 5 heteroatoms. The standard InChI is InChI=1S/C16H15N3OS/c17-13-7-10-21-15(13)16(20)19-9-6-12-4-1-3-11-5-2-8-18-14(11)12/h1-5,7-8,10H,6,9,17H2,(H,19,20). The molecule has 0 bridgehead atoms. The van der Waals surface area contributed by atoms with Crippen molar-refractivity contribution < 1.29 is 4.79 Å². The minimum Gasteiger partial charge on any atom is -0.397 e. The van der Waals surface area contributed by atoms with Gasteiger partial charge < -0.3 is 11.1 Å². The van der Waals surface area contributed by atoms with Crippen molar-refractivity contribution in [2.45, 2.75) is 6.42 Å². The molecule has 0 aliphatic heterocycles.